The second-order valence-corrected chi connectivity index (χ2v) is 4.43. The third-order valence-corrected chi connectivity index (χ3v) is 2.85. The molecule has 2 amide bonds. The molecule has 1 aromatic carbocycles. The number of carbonyl (C=O) groups excluding carboxylic acids is 2. The van der Waals surface area contributed by atoms with Gasteiger partial charge < -0.3 is 16.4 Å². The molecule has 1 atom stereocenters. The van der Waals surface area contributed by atoms with Crippen LogP contribution in [0.3, 0.4) is 0 Å². The van der Waals surface area contributed by atoms with Gasteiger partial charge in [-0.1, -0.05) is 42.5 Å². The summed E-state index contributed by atoms with van der Waals surface area (Å²) in [6, 6.07) is 9.07. The van der Waals surface area contributed by atoms with Gasteiger partial charge in [0, 0.05) is 20.0 Å². The van der Waals surface area contributed by atoms with Crippen LogP contribution in [0.5, 0.6) is 0 Å². The first kappa shape index (κ1) is 15.1. The van der Waals surface area contributed by atoms with Crippen LogP contribution in [-0.2, 0) is 9.59 Å². The van der Waals surface area contributed by atoms with Gasteiger partial charge in [-0.3, -0.25) is 9.59 Å². The molecule has 0 bridgehead atoms. The fourth-order valence-electron chi connectivity index (χ4n) is 1.62. The number of hydrogen-bond acceptors (Lipinski definition) is 3. The average Bonchev–Trinajstić information content (AvgIpc) is 2.39. The molecule has 1 rings (SSSR count). The van der Waals surface area contributed by atoms with Crippen LogP contribution in [0.25, 0.3) is 0 Å². The van der Waals surface area contributed by atoms with E-state index in [0.29, 0.717) is 0 Å². The highest BCUT2D eigenvalue weighted by molar-refractivity contribution is 7.80. The number of thiocarbonyl (C=S) groups is 1. The largest absolute Gasteiger partial charge is 0.392 e. The van der Waals surface area contributed by atoms with E-state index in [-0.39, 0.29) is 29.8 Å². The van der Waals surface area contributed by atoms with Crippen LogP contribution in [0.4, 0.5) is 0 Å². The Morgan fingerprint density at radius 3 is 2.47 bits per heavy atom. The Morgan fingerprint density at radius 1 is 1.32 bits per heavy atom. The fourth-order valence-corrected chi connectivity index (χ4v) is 1.86. The van der Waals surface area contributed by atoms with E-state index in [9.17, 15) is 9.59 Å². The molecule has 0 aromatic heterocycles. The van der Waals surface area contributed by atoms with Crippen LogP contribution < -0.4 is 16.4 Å². The Labute approximate surface area is 117 Å². The normalized spacial score (nSPS) is 11.4. The summed E-state index contributed by atoms with van der Waals surface area (Å²) in [5.41, 5.74) is 6.36. The highest BCUT2D eigenvalue weighted by Crippen LogP contribution is 2.16. The molecule has 5 nitrogen and oxygen atoms in total. The van der Waals surface area contributed by atoms with Crippen LogP contribution in [0.1, 0.15) is 17.9 Å². The fraction of sp³-hybridized carbons (Fsp3) is 0.308. The summed E-state index contributed by atoms with van der Waals surface area (Å²) >= 11 is 4.94. The third kappa shape index (κ3) is 4.67. The van der Waals surface area contributed by atoms with Crippen molar-refractivity contribution in [2.45, 2.75) is 12.3 Å². The molecule has 19 heavy (non-hydrogen) atoms. The van der Waals surface area contributed by atoms with E-state index in [2.05, 4.69) is 10.6 Å². The molecule has 4 N–H and O–H groups in total. The molecule has 102 valence electrons. The van der Waals surface area contributed by atoms with Crippen molar-refractivity contribution in [3.63, 3.8) is 0 Å². The molecule has 0 fully saturated rings. The lowest BCUT2D eigenvalue weighted by molar-refractivity contribution is -0.122. The first-order chi connectivity index (χ1) is 9.06. The first-order valence-electron chi connectivity index (χ1n) is 5.88. The Hall–Kier alpha value is -1.95. The van der Waals surface area contributed by atoms with Gasteiger partial charge in [0.25, 0.3) is 0 Å². The number of nitrogens with one attached hydrogen (secondary N) is 2. The van der Waals surface area contributed by atoms with Gasteiger partial charge in [0.1, 0.15) is 5.92 Å². The zero-order chi connectivity index (χ0) is 14.3. The van der Waals surface area contributed by atoms with Crippen molar-refractivity contribution < 1.29 is 9.59 Å². The average molecular weight is 279 g/mol. The number of benzene rings is 1. The van der Waals surface area contributed by atoms with Crippen LogP contribution in [0.2, 0.25) is 0 Å². The topological polar surface area (TPSA) is 84.2 Å². The second-order valence-electron chi connectivity index (χ2n) is 3.96. The maximum atomic E-state index is 12.0. The zero-order valence-electron chi connectivity index (χ0n) is 10.7. The third-order valence-electron chi connectivity index (χ3n) is 2.61. The van der Waals surface area contributed by atoms with Crippen LogP contribution >= 0.6 is 12.2 Å². The Bertz CT molecular complexity index is 462. The van der Waals surface area contributed by atoms with E-state index in [4.69, 9.17) is 18.0 Å². The molecular formula is C13H17N3O2S. The molecule has 0 radical (unpaired) electrons. The molecule has 0 aliphatic heterocycles. The number of hydrogen-bond donors (Lipinski definition) is 3. The number of nitrogens with two attached hydrogens (primary N) is 1. The standard InChI is InChI=1S/C13H17N3O2S/c1-15-10(17)7-8-16-13(18)11(12(14)19)9-5-3-2-4-6-9/h2-6,11H,7-8H2,1H3,(H2,14,19)(H,15,17)(H,16,18). The van der Waals surface area contributed by atoms with Gasteiger partial charge in [-0.2, -0.15) is 0 Å². The van der Waals surface area contributed by atoms with E-state index in [1.165, 1.54) is 0 Å². The molecule has 0 saturated carbocycles. The number of amides is 2. The minimum Gasteiger partial charge on any atom is -0.392 e. The highest BCUT2D eigenvalue weighted by atomic mass is 32.1. The quantitative estimate of drug-likeness (QED) is 0.654. The molecule has 0 aliphatic rings. The maximum absolute atomic E-state index is 12.0. The van der Waals surface area contributed by atoms with E-state index in [1.54, 1.807) is 19.2 Å². The summed E-state index contributed by atoms with van der Waals surface area (Å²) in [6.07, 6.45) is 0.223. The predicted molar refractivity (Wildman–Crippen MR) is 77.7 cm³/mol. The molecule has 1 aromatic rings. The zero-order valence-corrected chi connectivity index (χ0v) is 11.5. The van der Waals surface area contributed by atoms with Crippen molar-refractivity contribution in [3.05, 3.63) is 35.9 Å². The highest BCUT2D eigenvalue weighted by Gasteiger charge is 2.22. The molecular weight excluding hydrogens is 262 g/mol. The second kappa shape index (κ2) is 7.48. The molecule has 0 saturated heterocycles. The van der Waals surface area contributed by atoms with Gasteiger partial charge in [0.2, 0.25) is 11.8 Å². The summed E-state index contributed by atoms with van der Waals surface area (Å²) in [5, 5.41) is 5.14. The SMILES string of the molecule is CNC(=O)CCNC(=O)C(C(N)=S)c1ccccc1. The van der Waals surface area contributed by atoms with Crippen LogP contribution in [0.15, 0.2) is 30.3 Å². The van der Waals surface area contributed by atoms with E-state index >= 15 is 0 Å². The molecule has 0 aliphatic carbocycles. The smallest absolute Gasteiger partial charge is 0.234 e. The van der Waals surface area contributed by atoms with E-state index < -0.39 is 5.92 Å². The van der Waals surface area contributed by atoms with E-state index in [1.807, 2.05) is 18.2 Å². The minimum atomic E-state index is -0.666. The van der Waals surface area contributed by atoms with Crippen molar-refractivity contribution in [1.82, 2.24) is 10.6 Å². The lowest BCUT2D eigenvalue weighted by Crippen LogP contribution is -2.37. The van der Waals surface area contributed by atoms with Crippen molar-refractivity contribution in [2.24, 2.45) is 5.73 Å². The van der Waals surface area contributed by atoms with Crippen LogP contribution in [-0.4, -0.2) is 30.4 Å². The summed E-state index contributed by atoms with van der Waals surface area (Å²) in [6.45, 7) is 0.254. The monoisotopic (exact) mass is 279 g/mol. The molecule has 6 heteroatoms. The molecule has 0 spiro atoms. The molecule has 0 heterocycles. The summed E-state index contributed by atoms with van der Waals surface area (Å²) in [4.78, 5) is 23.2. The van der Waals surface area contributed by atoms with Crippen molar-refractivity contribution in [3.8, 4) is 0 Å². The Morgan fingerprint density at radius 2 is 1.95 bits per heavy atom. The minimum absolute atomic E-state index is 0.114. The van der Waals surface area contributed by atoms with Gasteiger partial charge >= 0.3 is 0 Å². The van der Waals surface area contributed by atoms with Gasteiger partial charge in [-0.15, -0.1) is 0 Å². The molecule has 1 unspecified atom stereocenters. The Kier molecular flexibility index (Phi) is 5.95. The van der Waals surface area contributed by atoms with Crippen molar-refractivity contribution in [1.29, 1.82) is 0 Å². The van der Waals surface area contributed by atoms with Gasteiger partial charge in [0.15, 0.2) is 0 Å². The summed E-state index contributed by atoms with van der Waals surface area (Å²) in [7, 11) is 1.55. The van der Waals surface area contributed by atoms with Crippen molar-refractivity contribution >= 4 is 29.0 Å². The number of rotatable bonds is 6. The van der Waals surface area contributed by atoms with Gasteiger partial charge in [-0.25, -0.2) is 0 Å². The Balaban J connectivity index is 2.65. The van der Waals surface area contributed by atoms with E-state index in [0.717, 1.165) is 5.56 Å². The summed E-state index contributed by atoms with van der Waals surface area (Å²) in [5.74, 6) is -1.09. The maximum Gasteiger partial charge on any atom is 0.234 e. The predicted octanol–water partition coefficient (Wildman–Crippen LogP) is 0.309. The van der Waals surface area contributed by atoms with Gasteiger partial charge in [0.05, 0.1) is 4.99 Å². The van der Waals surface area contributed by atoms with Crippen molar-refractivity contribution in [2.75, 3.05) is 13.6 Å². The van der Waals surface area contributed by atoms with Gasteiger partial charge in [-0.05, 0) is 5.56 Å². The first-order valence-corrected chi connectivity index (χ1v) is 6.29. The lowest BCUT2D eigenvalue weighted by Gasteiger charge is -2.15. The van der Waals surface area contributed by atoms with Crippen LogP contribution in [0, 0.1) is 0 Å². The number of carbonyl (C=O) groups is 2. The summed E-state index contributed by atoms with van der Waals surface area (Å²) < 4.78 is 0. The lowest BCUT2D eigenvalue weighted by atomic mass is 9.98.